The number of aryl methyl sites for hydroxylation is 1. The van der Waals surface area contributed by atoms with Crippen molar-refractivity contribution >= 4 is 23.1 Å². The summed E-state index contributed by atoms with van der Waals surface area (Å²) in [5, 5.41) is 22.9. The topological polar surface area (TPSA) is 114 Å². The van der Waals surface area contributed by atoms with Crippen LogP contribution in [0, 0.1) is 24.3 Å². The largest absolute Gasteiger partial charge is 0.391 e. The van der Waals surface area contributed by atoms with E-state index in [1.54, 1.807) is 16.2 Å². The number of fused-ring (bicyclic) bond motifs is 1. The quantitative estimate of drug-likeness (QED) is 0.190. The Morgan fingerprint density at radius 1 is 1.24 bits per heavy atom. The number of amidine groups is 1. The average Bonchev–Trinajstić information content (AvgIpc) is 3.50. The predicted molar refractivity (Wildman–Crippen MR) is 159 cm³/mol. The van der Waals surface area contributed by atoms with E-state index in [1.165, 1.54) is 0 Å². The number of thiazole rings is 1. The van der Waals surface area contributed by atoms with E-state index in [9.17, 15) is 15.2 Å². The van der Waals surface area contributed by atoms with E-state index in [-0.39, 0.29) is 18.4 Å². The molecule has 3 aromatic rings. The maximum absolute atomic E-state index is 14.2. The molecular formula is C31H36N6O3S. The third kappa shape index (κ3) is 6.49. The summed E-state index contributed by atoms with van der Waals surface area (Å²) in [7, 11) is 0. The SMILES string of the molecule is Cc1ncsc1-c1ccc(CN=C(NC#N)[C@@H]2C[C@@H](O)CN2C(=O)[C@H](C(C)C)N2COCc3ccccc3C2)cc1. The lowest BCUT2D eigenvalue weighted by atomic mass is 9.99. The highest BCUT2D eigenvalue weighted by molar-refractivity contribution is 7.13. The number of nitrogens with one attached hydrogen (secondary N) is 1. The number of hydrogen-bond donors (Lipinski definition) is 2. The van der Waals surface area contributed by atoms with Crippen LogP contribution in [-0.2, 0) is 29.2 Å². The monoisotopic (exact) mass is 572 g/mol. The molecule has 10 heteroatoms. The van der Waals surface area contributed by atoms with E-state index in [0.29, 0.717) is 38.7 Å². The van der Waals surface area contributed by atoms with Gasteiger partial charge in [-0.1, -0.05) is 62.4 Å². The van der Waals surface area contributed by atoms with Crippen LogP contribution in [0.25, 0.3) is 10.4 Å². The van der Waals surface area contributed by atoms with Gasteiger partial charge in [-0.15, -0.1) is 11.3 Å². The number of β-amino-alcohol motifs (C(OH)–C–C–N with tert-alkyl or cyclic N) is 1. The molecule has 2 aliphatic rings. The molecule has 1 aromatic heterocycles. The van der Waals surface area contributed by atoms with Crippen LogP contribution in [0.5, 0.6) is 0 Å². The number of ether oxygens (including phenoxy) is 1. The summed E-state index contributed by atoms with van der Waals surface area (Å²) >= 11 is 1.61. The molecule has 3 atom stereocenters. The molecule has 3 heterocycles. The first-order valence-electron chi connectivity index (χ1n) is 13.9. The first-order chi connectivity index (χ1) is 19.9. The molecule has 0 unspecified atom stereocenters. The first kappa shape index (κ1) is 28.9. The average molecular weight is 573 g/mol. The minimum atomic E-state index is -0.703. The zero-order valence-electron chi connectivity index (χ0n) is 23.7. The minimum absolute atomic E-state index is 0.000216. The van der Waals surface area contributed by atoms with E-state index in [1.807, 2.05) is 68.9 Å². The Labute approximate surface area is 245 Å². The number of hydrogen-bond acceptors (Lipinski definition) is 8. The standard InChI is InChI=1S/C31H36N6O3S/c1-20(2)28(36-14-24-6-4-5-7-25(24)16-40-19-36)31(39)37-15-26(38)12-27(37)30(34-17-32)33-13-22-8-10-23(11-9-22)29-21(3)35-18-41-29/h4-11,18,20,26-28,38H,12-16,19H2,1-3H3,(H,33,34)/t26-,27+,28+/m1/s1. The Bertz CT molecular complexity index is 1430. The fourth-order valence-electron chi connectivity index (χ4n) is 5.72. The summed E-state index contributed by atoms with van der Waals surface area (Å²) < 4.78 is 5.96. The van der Waals surface area contributed by atoms with Gasteiger partial charge < -0.3 is 14.7 Å². The molecule has 2 aromatic carbocycles. The lowest BCUT2D eigenvalue weighted by molar-refractivity contribution is -0.142. The highest BCUT2D eigenvalue weighted by Gasteiger charge is 2.43. The summed E-state index contributed by atoms with van der Waals surface area (Å²) in [6.45, 7) is 8.01. The molecule has 2 aliphatic heterocycles. The van der Waals surface area contributed by atoms with Crippen molar-refractivity contribution in [3.8, 4) is 16.6 Å². The van der Waals surface area contributed by atoms with E-state index >= 15 is 0 Å². The van der Waals surface area contributed by atoms with Crippen LogP contribution in [0.3, 0.4) is 0 Å². The molecule has 9 nitrogen and oxygen atoms in total. The number of carbonyl (C=O) groups excluding carboxylic acids is 1. The van der Waals surface area contributed by atoms with Crippen LogP contribution in [-0.4, -0.2) is 63.1 Å². The van der Waals surface area contributed by atoms with Crippen molar-refractivity contribution in [1.29, 1.82) is 5.26 Å². The number of nitrogens with zero attached hydrogens (tertiary/aromatic N) is 5. The van der Waals surface area contributed by atoms with Crippen molar-refractivity contribution < 1.29 is 14.6 Å². The second-order valence-corrected chi connectivity index (χ2v) is 11.8. The summed E-state index contributed by atoms with van der Waals surface area (Å²) in [4.78, 5) is 28.1. The number of aliphatic hydroxyl groups is 1. The van der Waals surface area contributed by atoms with Gasteiger partial charge in [0, 0.05) is 19.5 Å². The molecule has 2 N–H and O–H groups in total. The molecule has 0 spiro atoms. The van der Waals surface area contributed by atoms with E-state index in [0.717, 1.165) is 32.8 Å². The summed E-state index contributed by atoms with van der Waals surface area (Å²) in [6.07, 6.45) is 1.60. The van der Waals surface area contributed by atoms with E-state index < -0.39 is 18.2 Å². The number of rotatable bonds is 7. The highest BCUT2D eigenvalue weighted by atomic mass is 32.1. The number of aliphatic hydroxyl groups excluding tert-OH is 1. The van der Waals surface area contributed by atoms with Crippen molar-refractivity contribution in [2.24, 2.45) is 10.9 Å². The van der Waals surface area contributed by atoms with E-state index in [2.05, 4.69) is 27.3 Å². The van der Waals surface area contributed by atoms with Gasteiger partial charge in [0.05, 0.1) is 47.4 Å². The molecule has 0 radical (unpaired) electrons. The zero-order chi connectivity index (χ0) is 28.9. The number of nitriles is 1. The highest BCUT2D eigenvalue weighted by Crippen LogP contribution is 2.29. The second-order valence-electron chi connectivity index (χ2n) is 11.0. The van der Waals surface area contributed by atoms with Crippen molar-refractivity contribution in [3.63, 3.8) is 0 Å². The van der Waals surface area contributed by atoms with Gasteiger partial charge >= 0.3 is 0 Å². The molecule has 1 fully saturated rings. The molecule has 0 aliphatic carbocycles. The Hall–Kier alpha value is -3.62. The minimum Gasteiger partial charge on any atom is -0.391 e. The van der Waals surface area contributed by atoms with Crippen LogP contribution in [0.1, 0.15) is 42.7 Å². The molecule has 1 amide bonds. The number of benzene rings is 2. The fraction of sp³-hybridized carbons (Fsp3) is 0.419. The van der Waals surface area contributed by atoms with Crippen molar-refractivity contribution in [3.05, 3.63) is 76.4 Å². The Balaban J connectivity index is 1.36. The number of likely N-dealkylation sites (tertiary alicyclic amines) is 1. The molecule has 214 valence electrons. The normalized spacial score (nSPS) is 20.4. The van der Waals surface area contributed by atoms with Gasteiger partial charge in [0.2, 0.25) is 5.91 Å². The van der Waals surface area contributed by atoms with Gasteiger partial charge in [-0.25, -0.2) is 4.98 Å². The predicted octanol–water partition coefficient (Wildman–Crippen LogP) is 4.06. The van der Waals surface area contributed by atoms with Crippen LogP contribution >= 0.6 is 11.3 Å². The molecule has 0 bridgehead atoms. The maximum Gasteiger partial charge on any atom is 0.240 e. The Morgan fingerprint density at radius 2 is 2.00 bits per heavy atom. The van der Waals surface area contributed by atoms with Gasteiger partial charge in [0.1, 0.15) is 12.6 Å². The fourth-order valence-corrected chi connectivity index (χ4v) is 6.53. The van der Waals surface area contributed by atoms with Crippen LogP contribution in [0.2, 0.25) is 0 Å². The number of aliphatic imine (C=N–C) groups is 1. The Kier molecular flexibility index (Phi) is 9.10. The van der Waals surface area contributed by atoms with Crippen molar-refractivity contribution in [2.75, 3.05) is 13.3 Å². The first-order valence-corrected chi connectivity index (χ1v) is 14.8. The lowest BCUT2D eigenvalue weighted by Crippen LogP contribution is -2.55. The third-order valence-electron chi connectivity index (χ3n) is 7.74. The second kappa shape index (κ2) is 12.9. The van der Waals surface area contributed by atoms with Crippen molar-refractivity contribution in [1.82, 2.24) is 20.1 Å². The van der Waals surface area contributed by atoms with Gasteiger partial charge in [-0.05, 0) is 35.1 Å². The molecule has 5 rings (SSSR count). The van der Waals surface area contributed by atoms with Crippen molar-refractivity contribution in [2.45, 2.75) is 65.1 Å². The molecule has 41 heavy (non-hydrogen) atoms. The number of amides is 1. The van der Waals surface area contributed by atoms with Gasteiger partial charge in [-0.2, -0.15) is 5.26 Å². The maximum atomic E-state index is 14.2. The molecule has 0 saturated carbocycles. The number of carbonyl (C=O) groups is 1. The van der Waals surface area contributed by atoms with Crippen LogP contribution in [0.4, 0.5) is 0 Å². The zero-order valence-corrected chi connectivity index (χ0v) is 24.5. The smallest absolute Gasteiger partial charge is 0.240 e. The molecular weight excluding hydrogens is 536 g/mol. The van der Waals surface area contributed by atoms with Gasteiger partial charge in [-0.3, -0.25) is 20.0 Å². The third-order valence-corrected chi connectivity index (χ3v) is 8.72. The summed E-state index contributed by atoms with van der Waals surface area (Å²) in [5.41, 5.74) is 7.19. The Morgan fingerprint density at radius 3 is 2.68 bits per heavy atom. The van der Waals surface area contributed by atoms with Gasteiger partial charge in [0.25, 0.3) is 0 Å². The van der Waals surface area contributed by atoms with Crippen LogP contribution < -0.4 is 5.32 Å². The van der Waals surface area contributed by atoms with E-state index in [4.69, 9.17) is 9.73 Å². The molecule has 1 saturated heterocycles. The lowest BCUT2D eigenvalue weighted by Gasteiger charge is -2.36. The van der Waals surface area contributed by atoms with Gasteiger partial charge in [0.15, 0.2) is 6.19 Å². The summed E-state index contributed by atoms with van der Waals surface area (Å²) in [6, 6.07) is 15.3. The van der Waals surface area contributed by atoms with Crippen LogP contribution in [0.15, 0.2) is 59.0 Å². The number of aromatic nitrogens is 1. The summed E-state index contributed by atoms with van der Waals surface area (Å²) in [5.74, 6) is 0.292.